The molecule has 0 spiro atoms. The SMILES string of the molecule is CC[C@](C)(O)[C@H](O)C(=O)OC[C@@]1(C)OC(=O)C[C@H](OC(C)=O)[C@@]2(C)[C@H]1C[C@@H](OC(=O)[C@H](O)C(C)C)[C@@]1(C)C3=CC[C@@H](c4ccoc4)[C@]3(C)[C@@H](OC(C)=O)C[C@@H]12. The van der Waals surface area contributed by atoms with Crippen molar-refractivity contribution in [2.24, 2.45) is 34.0 Å². The van der Waals surface area contributed by atoms with E-state index in [9.17, 15) is 39.3 Å². The normalized spacial score (nSPS) is 37.7. The summed E-state index contributed by atoms with van der Waals surface area (Å²) in [6.07, 6.45) is -0.500. The molecule has 0 radical (unpaired) electrons. The summed E-state index contributed by atoms with van der Waals surface area (Å²) in [5.74, 6) is -6.09. The highest BCUT2D eigenvalue weighted by atomic mass is 16.6. The monoisotopic (exact) mass is 774 g/mol. The Labute approximate surface area is 322 Å². The van der Waals surface area contributed by atoms with Gasteiger partial charge in [-0.1, -0.05) is 53.2 Å². The molecule has 0 aromatic carbocycles. The third-order valence-corrected chi connectivity index (χ3v) is 13.8. The number of esters is 5. The number of allylic oxidation sites excluding steroid dienone is 1. The molecule has 0 unspecified atom stereocenters. The summed E-state index contributed by atoms with van der Waals surface area (Å²) in [5, 5.41) is 32.3. The molecular weight excluding hydrogens is 716 g/mol. The molecule has 2 saturated carbocycles. The lowest BCUT2D eigenvalue weighted by Gasteiger charge is -2.67. The van der Waals surface area contributed by atoms with E-state index in [-0.39, 0.29) is 31.6 Å². The number of carbonyl (C=O) groups is 5. The molecule has 0 bridgehead atoms. The Morgan fingerprint density at radius 2 is 1.53 bits per heavy atom. The largest absolute Gasteiger partial charge is 0.472 e. The summed E-state index contributed by atoms with van der Waals surface area (Å²) in [5.41, 5.74) is -4.86. The van der Waals surface area contributed by atoms with Crippen molar-refractivity contribution in [2.45, 2.75) is 149 Å². The first-order valence-corrected chi connectivity index (χ1v) is 19.2. The zero-order valence-electron chi connectivity index (χ0n) is 33.6. The van der Waals surface area contributed by atoms with E-state index in [0.717, 1.165) is 11.1 Å². The lowest BCUT2D eigenvalue weighted by Crippen LogP contribution is -2.70. The van der Waals surface area contributed by atoms with Gasteiger partial charge in [0.05, 0.1) is 24.5 Å². The molecule has 14 heteroatoms. The Bertz CT molecular complexity index is 1680. The first-order valence-electron chi connectivity index (χ1n) is 19.2. The molecule has 3 N–H and O–H groups in total. The minimum Gasteiger partial charge on any atom is -0.472 e. The van der Waals surface area contributed by atoms with E-state index >= 15 is 0 Å². The van der Waals surface area contributed by atoms with Gasteiger partial charge in [0.2, 0.25) is 0 Å². The highest BCUT2D eigenvalue weighted by molar-refractivity contribution is 5.77. The fourth-order valence-corrected chi connectivity index (χ4v) is 10.5. The van der Waals surface area contributed by atoms with E-state index in [0.29, 0.717) is 6.42 Å². The van der Waals surface area contributed by atoms with Crippen LogP contribution in [0, 0.1) is 34.0 Å². The van der Waals surface area contributed by atoms with Gasteiger partial charge in [0.1, 0.15) is 30.5 Å². The molecule has 2 heterocycles. The molecule has 0 amide bonds. The molecule has 55 heavy (non-hydrogen) atoms. The predicted octanol–water partition coefficient (Wildman–Crippen LogP) is 4.31. The van der Waals surface area contributed by atoms with Crippen molar-refractivity contribution in [3.63, 3.8) is 0 Å². The van der Waals surface area contributed by atoms with Gasteiger partial charge < -0.3 is 43.4 Å². The van der Waals surface area contributed by atoms with E-state index in [1.807, 2.05) is 26.8 Å². The molecule has 1 saturated heterocycles. The van der Waals surface area contributed by atoms with Crippen LogP contribution in [0.4, 0.5) is 0 Å². The lowest BCUT2D eigenvalue weighted by atomic mass is 9.39. The molecule has 1 aromatic rings. The highest BCUT2D eigenvalue weighted by Crippen LogP contribution is 2.73. The van der Waals surface area contributed by atoms with Gasteiger partial charge in [0, 0.05) is 41.9 Å². The van der Waals surface area contributed by atoms with Crippen molar-refractivity contribution in [3.05, 3.63) is 35.8 Å². The van der Waals surface area contributed by atoms with Crippen LogP contribution in [0.25, 0.3) is 0 Å². The Kier molecular flexibility index (Phi) is 11.5. The molecule has 3 aliphatic carbocycles. The summed E-state index contributed by atoms with van der Waals surface area (Å²) < 4.78 is 35.9. The van der Waals surface area contributed by atoms with Crippen molar-refractivity contribution in [2.75, 3.05) is 6.61 Å². The smallest absolute Gasteiger partial charge is 0.338 e. The average Bonchev–Trinajstić information content (AvgIpc) is 3.75. The van der Waals surface area contributed by atoms with Crippen molar-refractivity contribution >= 4 is 29.8 Å². The number of furan rings is 1. The highest BCUT2D eigenvalue weighted by Gasteiger charge is 2.74. The standard InChI is InChI=1S/C41H58O14/c1-11-37(6,49)34(46)36(48)51-20-38(7)27-16-30(54-35(47)33(45)21(2)3)40(9)26-13-12-25(24-14-15-50-19-24)39(26,8)29(52-22(4)42)17-28(40)41(27,10)31(53-23(5)43)18-32(44)55-38/h13-15,19,21,25,27-31,33-34,45-46,49H,11-12,16-18,20H2,1-10H3/t25-,27-,28-,29-,30+,31-,33+,34+,37-,38+,39-,40-,41-/m0/s1. The number of aliphatic hydroxyl groups is 3. The van der Waals surface area contributed by atoms with Crippen LogP contribution in [-0.4, -0.2) is 93.5 Å². The van der Waals surface area contributed by atoms with E-state index in [4.69, 9.17) is 28.1 Å². The number of ether oxygens (including phenoxy) is 5. The van der Waals surface area contributed by atoms with Crippen LogP contribution in [0.3, 0.4) is 0 Å². The Morgan fingerprint density at radius 1 is 0.927 bits per heavy atom. The molecule has 13 atom stereocenters. The molecule has 306 valence electrons. The number of aliphatic hydroxyl groups excluding tert-OH is 2. The second kappa shape index (κ2) is 15.0. The number of carbonyl (C=O) groups excluding carboxylic acids is 5. The second-order valence-electron chi connectivity index (χ2n) is 17.5. The zero-order valence-corrected chi connectivity index (χ0v) is 33.6. The van der Waals surface area contributed by atoms with Crippen molar-refractivity contribution in [3.8, 4) is 0 Å². The number of fused-ring (bicyclic) bond motifs is 5. The van der Waals surface area contributed by atoms with Gasteiger partial charge in [0.25, 0.3) is 0 Å². The Balaban J connectivity index is 1.73. The van der Waals surface area contributed by atoms with Crippen LogP contribution < -0.4 is 0 Å². The van der Waals surface area contributed by atoms with E-state index in [1.54, 1.807) is 40.2 Å². The topological polar surface area (TPSA) is 205 Å². The van der Waals surface area contributed by atoms with Crippen LogP contribution in [0.1, 0.15) is 113 Å². The van der Waals surface area contributed by atoms with E-state index in [1.165, 1.54) is 20.8 Å². The van der Waals surface area contributed by atoms with Gasteiger partial charge in [-0.3, -0.25) is 14.4 Å². The minimum absolute atomic E-state index is 0.00356. The van der Waals surface area contributed by atoms with Crippen LogP contribution in [0.5, 0.6) is 0 Å². The molecule has 14 nitrogen and oxygen atoms in total. The Morgan fingerprint density at radius 3 is 2.09 bits per heavy atom. The van der Waals surface area contributed by atoms with Gasteiger partial charge in [-0.05, 0) is 63.0 Å². The molecule has 5 rings (SSSR count). The number of hydrogen-bond donors (Lipinski definition) is 3. The lowest BCUT2D eigenvalue weighted by molar-refractivity contribution is -0.247. The van der Waals surface area contributed by atoms with Crippen LogP contribution in [0.2, 0.25) is 0 Å². The fourth-order valence-electron chi connectivity index (χ4n) is 10.5. The van der Waals surface area contributed by atoms with Gasteiger partial charge in [-0.2, -0.15) is 0 Å². The van der Waals surface area contributed by atoms with Crippen LogP contribution in [0.15, 0.2) is 34.7 Å². The first kappa shape index (κ1) is 42.4. The number of hydrogen-bond acceptors (Lipinski definition) is 14. The molecular formula is C41H58O14. The van der Waals surface area contributed by atoms with Crippen molar-refractivity contribution in [1.82, 2.24) is 0 Å². The fraction of sp³-hybridized carbons (Fsp3) is 0.732. The molecule has 1 aliphatic heterocycles. The number of cyclic esters (lactones) is 1. The minimum atomic E-state index is -1.92. The van der Waals surface area contributed by atoms with Gasteiger partial charge >= 0.3 is 29.8 Å². The maximum atomic E-state index is 13.8. The second-order valence-corrected chi connectivity index (χ2v) is 17.5. The maximum Gasteiger partial charge on any atom is 0.338 e. The summed E-state index contributed by atoms with van der Waals surface area (Å²) in [6, 6.07) is 1.87. The molecule has 1 aromatic heterocycles. The average molecular weight is 775 g/mol. The summed E-state index contributed by atoms with van der Waals surface area (Å²) >= 11 is 0. The van der Waals surface area contributed by atoms with Gasteiger partial charge in [-0.15, -0.1) is 0 Å². The van der Waals surface area contributed by atoms with Crippen LogP contribution in [-0.2, 0) is 47.7 Å². The van der Waals surface area contributed by atoms with Gasteiger partial charge in [0.15, 0.2) is 12.2 Å². The summed E-state index contributed by atoms with van der Waals surface area (Å²) in [7, 11) is 0. The first-order chi connectivity index (χ1) is 25.5. The summed E-state index contributed by atoms with van der Waals surface area (Å²) in [6.45, 7) is 15.7. The third-order valence-electron chi connectivity index (χ3n) is 13.8. The molecule has 3 fully saturated rings. The maximum absolute atomic E-state index is 13.8. The van der Waals surface area contributed by atoms with Crippen LogP contribution >= 0.6 is 0 Å². The van der Waals surface area contributed by atoms with E-state index < -0.39 is 112 Å². The summed E-state index contributed by atoms with van der Waals surface area (Å²) in [4.78, 5) is 66.6. The third kappa shape index (κ3) is 7.11. The predicted molar refractivity (Wildman–Crippen MR) is 194 cm³/mol. The van der Waals surface area contributed by atoms with Crippen molar-refractivity contribution < 1.29 is 67.4 Å². The van der Waals surface area contributed by atoms with E-state index in [2.05, 4.69) is 6.08 Å². The molecule has 4 aliphatic rings. The quantitative estimate of drug-likeness (QED) is 0.163. The van der Waals surface area contributed by atoms with Crippen molar-refractivity contribution in [1.29, 1.82) is 0 Å². The zero-order chi connectivity index (χ0) is 41.1. The Hall–Kier alpha value is -3.75. The number of rotatable bonds is 11. The van der Waals surface area contributed by atoms with Gasteiger partial charge in [-0.25, -0.2) is 9.59 Å².